The number of rotatable bonds is 5. The molecule has 0 heterocycles. The number of ether oxygens (including phenoxy) is 1. The topological polar surface area (TPSA) is 9.23 Å². The quantitative estimate of drug-likeness (QED) is 0.474. The Bertz CT molecular complexity index is 622. The zero-order valence-electron chi connectivity index (χ0n) is 18.1. The lowest BCUT2D eigenvalue weighted by molar-refractivity contribution is 0.0672. The van der Waals surface area contributed by atoms with Gasteiger partial charge in [-0.3, -0.25) is 0 Å². The van der Waals surface area contributed by atoms with Gasteiger partial charge in [-0.25, -0.2) is 0 Å². The van der Waals surface area contributed by atoms with Gasteiger partial charge in [0.25, 0.3) is 0 Å². The molecule has 4 unspecified atom stereocenters. The van der Waals surface area contributed by atoms with Crippen molar-refractivity contribution in [2.75, 3.05) is 6.61 Å². The summed E-state index contributed by atoms with van der Waals surface area (Å²) in [4.78, 5) is 0. The Hall–Kier alpha value is -1.24. The van der Waals surface area contributed by atoms with Crippen LogP contribution in [0.5, 0.6) is 5.75 Å². The number of benzene rings is 1. The van der Waals surface area contributed by atoms with E-state index in [-0.39, 0.29) is 0 Å². The highest BCUT2D eigenvalue weighted by Crippen LogP contribution is 2.49. The van der Waals surface area contributed by atoms with Gasteiger partial charge in [0, 0.05) is 0 Å². The minimum atomic E-state index is 0.670. The molecule has 3 aliphatic rings. The summed E-state index contributed by atoms with van der Waals surface area (Å²) >= 11 is 0. The van der Waals surface area contributed by atoms with Gasteiger partial charge in [-0.05, 0) is 118 Å². The van der Waals surface area contributed by atoms with Crippen molar-refractivity contribution in [1.29, 1.82) is 0 Å². The lowest BCUT2D eigenvalue weighted by Crippen LogP contribution is -2.34. The third kappa shape index (κ3) is 4.84. The van der Waals surface area contributed by atoms with E-state index in [1.54, 1.807) is 6.42 Å². The minimum Gasteiger partial charge on any atom is -0.490 e. The number of fused-ring (bicyclic) bond motifs is 1. The molecule has 0 bridgehead atoms. The molecule has 3 aliphatic carbocycles. The zero-order valence-corrected chi connectivity index (χ0v) is 18.1. The molecule has 0 aromatic heterocycles. The molecule has 3 saturated carbocycles. The van der Waals surface area contributed by atoms with E-state index in [2.05, 4.69) is 37.3 Å². The molecule has 3 fully saturated rings. The van der Waals surface area contributed by atoms with E-state index >= 15 is 0 Å². The highest BCUT2D eigenvalue weighted by Gasteiger charge is 2.38. The lowest BCUT2D eigenvalue weighted by atomic mass is 9.61. The van der Waals surface area contributed by atoms with Crippen molar-refractivity contribution in [2.45, 2.75) is 84.0 Å². The van der Waals surface area contributed by atoms with E-state index in [1.165, 1.54) is 63.4 Å². The molecule has 0 saturated heterocycles. The molecule has 4 atom stereocenters. The maximum absolute atomic E-state index is 5.75. The summed E-state index contributed by atoms with van der Waals surface area (Å²) in [5, 5.41) is 0. The molecule has 1 heteroatoms. The van der Waals surface area contributed by atoms with E-state index in [0.717, 1.165) is 41.3 Å². The number of allylic oxidation sites excluding steroid dienone is 1. The van der Waals surface area contributed by atoms with Crippen LogP contribution in [0.4, 0.5) is 0 Å². The summed E-state index contributed by atoms with van der Waals surface area (Å²) < 4.78 is 5.75. The van der Waals surface area contributed by atoms with E-state index in [9.17, 15) is 0 Å². The molecule has 0 radical (unpaired) electrons. The van der Waals surface area contributed by atoms with Crippen molar-refractivity contribution in [2.24, 2.45) is 29.6 Å². The van der Waals surface area contributed by atoms with Gasteiger partial charge < -0.3 is 4.74 Å². The summed E-state index contributed by atoms with van der Waals surface area (Å²) in [6.45, 7) is 5.18. The van der Waals surface area contributed by atoms with E-state index in [4.69, 9.17) is 4.74 Å². The Kier molecular flexibility index (Phi) is 6.81. The fraction of sp³-hybridized carbons (Fsp3) is 0.704. The molecule has 0 aliphatic heterocycles. The SMILES string of the molecule is C/C=C/COc1ccc(C2CCC(C3CCC4CC(C)CCC4C3)CC2)cc1. The van der Waals surface area contributed by atoms with Gasteiger partial charge in [-0.2, -0.15) is 0 Å². The van der Waals surface area contributed by atoms with Gasteiger partial charge in [0.15, 0.2) is 0 Å². The van der Waals surface area contributed by atoms with Crippen molar-refractivity contribution in [3.05, 3.63) is 42.0 Å². The van der Waals surface area contributed by atoms with Crippen LogP contribution in [0.2, 0.25) is 0 Å². The fourth-order valence-electron chi connectivity index (χ4n) is 6.59. The first-order chi connectivity index (χ1) is 13.7. The number of hydrogen-bond acceptors (Lipinski definition) is 1. The second-order valence-corrected chi connectivity index (χ2v) is 10.1. The monoisotopic (exact) mass is 380 g/mol. The molecule has 0 amide bonds. The Morgan fingerprint density at radius 2 is 1.39 bits per heavy atom. The molecule has 28 heavy (non-hydrogen) atoms. The summed E-state index contributed by atoms with van der Waals surface area (Å²) in [5.74, 6) is 6.96. The first-order valence-corrected chi connectivity index (χ1v) is 12.1. The van der Waals surface area contributed by atoms with Gasteiger partial charge in [0.1, 0.15) is 12.4 Å². The smallest absolute Gasteiger partial charge is 0.119 e. The first kappa shape index (κ1) is 20.0. The Balaban J connectivity index is 1.25. The van der Waals surface area contributed by atoms with Crippen LogP contribution >= 0.6 is 0 Å². The third-order valence-corrected chi connectivity index (χ3v) is 8.29. The predicted octanol–water partition coefficient (Wildman–Crippen LogP) is 7.77. The van der Waals surface area contributed by atoms with Gasteiger partial charge >= 0.3 is 0 Å². The highest BCUT2D eigenvalue weighted by molar-refractivity contribution is 5.30. The van der Waals surface area contributed by atoms with Crippen LogP contribution < -0.4 is 4.74 Å². The largest absolute Gasteiger partial charge is 0.490 e. The lowest BCUT2D eigenvalue weighted by Gasteiger charge is -2.45. The number of hydrogen-bond donors (Lipinski definition) is 0. The van der Waals surface area contributed by atoms with Crippen molar-refractivity contribution in [3.63, 3.8) is 0 Å². The molecule has 0 spiro atoms. The maximum Gasteiger partial charge on any atom is 0.119 e. The molecule has 154 valence electrons. The third-order valence-electron chi connectivity index (χ3n) is 8.29. The van der Waals surface area contributed by atoms with Crippen molar-refractivity contribution < 1.29 is 4.74 Å². The van der Waals surface area contributed by atoms with E-state index < -0.39 is 0 Å². The van der Waals surface area contributed by atoms with E-state index in [0.29, 0.717) is 6.61 Å². The minimum absolute atomic E-state index is 0.670. The van der Waals surface area contributed by atoms with E-state index in [1.807, 2.05) is 13.0 Å². The Morgan fingerprint density at radius 1 is 0.786 bits per heavy atom. The Morgan fingerprint density at radius 3 is 2.11 bits per heavy atom. The van der Waals surface area contributed by atoms with Crippen molar-refractivity contribution in [1.82, 2.24) is 0 Å². The summed E-state index contributed by atoms with van der Waals surface area (Å²) in [7, 11) is 0. The molecule has 1 aromatic rings. The van der Waals surface area contributed by atoms with Crippen molar-refractivity contribution in [3.8, 4) is 5.75 Å². The average molecular weight is 381 g/mol. The van der Waals surface area contributed by atoms with Gasteiger partial charge in [0.2, 0.25) is 0 Å². The first-order valence-electron chi connectivity index (χ1n) is 12.1. The molecule has 1 nitrogen and oxygen atoms in total. The molecule has 1 aromatic carbocycles. The Labute approximate surface area is 173 Å². The summed E-state index contributed by atoms with van der Waals surface area (Å²) in [5.41, 5.74) is 1.53. The van der Waals surface area contributed by atoms with Gasteiger partial charge in [-0.15, -0.1) is 0 Å². The summed E-state index contributed by atoms with van der Waals surface area (Å²) in [6, 6.07) is 8.95. The van der Waals surface area contributed by atoms with Crippen LogP contribution in [0.25, 0.3) is 0 Å². The maximum atomic E-state index is 5.75. The van der Waals surface area contributed by atoms with Crippen LogP contribution in [0, 0.1) is 29.6 Å². The average Bonchev–Trinajstić information content (AvgIpc) is 2.74. The van der Waals surface area contributed by atoms with Crippen LogP contribution in [0.15, 0.2) is 36.4 Å². The standard InChI is InChI=1S/C27H40O/c1-3-4-17-28-27-15-13-22(14-16-27)21-7-9-23(10-8-21)25-12-11-24-18-20(2)5-6-26(24)19-25/h3-4,13-16,20-21,23-26H,5-12,17-19H2,1-2H3/b4-3+. The van der Waals surface area contributed by atoms with Gasteiger partial charge in [-0.1, -0.05) is 37.6 Å². The van der Waals surface area contributed by atoms with Crippen LogP contribution in [-0.4, -0.2) is 6.61 Å². The van der Waals surface area contributed by atoms with Crippen molar-refractivity contribution >= 4 is 0 Å². The normalized spacial score (nSPS) is 36.2. The van der Waals surface area contributed by atoms with Crippen LogP contribution in [0.3, 0.4) is 0 Å². The molecule has 0 N–H and O–H groups in total. The summed E-state index contributed by atoms with van der Waals surface area (Å²) in [6.07, 6.45) is 19.0. The predicted molar refractivity (Wildman–Crippen MR) is 119 cm³/mol. The highest BCUT2D eigenvalue weighted by atomic mass is 16.5. The molecule has 4 rings (SSSR count). The zero-order chi connectivity index (χ0) is 19.3. The molecular weight excluding hydrogens is 340 g/mol. The van der Waals surface area contributed by atoms with Gasteiger partial charge in [0.05, 0.1) is 0 Å². The van der Waals surface area contributed by atoms with Crippen LogP contribution in [0.1, 0.15) is 89.5 Å². The van der Waals surface area contributed by atoms with Crippen LogP contribution in [-0.2, 0) is 0 Å². The molecular formula is C27H40O. The fourth-order valence-corrected chi connectivity index (χ4v) is 6.59. The second kappa shape index (κ2) is 9.51. The second-order valence-electron chi connectivity index (χ2n) is 10.1.